The van der Waals surface area contributed by atoms with Crippen LogP contribution >= 0.6 is 0 Å². The largest absolute Gasteiger partial charge is 0.389 e. The number of hydrogen-bond donors (Lipinski definition) is 1. The van der Waals surface area contributed by atoms with E-state index in [1.165, 1.54) is 0 Å². The Labute approximate surface area is 77.2 Å². The van der Waals surface area contributed by atoms with E-state index in [0.717, 1.165) is 5.56 Å². The minimum atomic E-state index is -0.341. The normalized spacial score (nSPS) is 11.8. The van der Waals surface area contributed by atoms with Gasteiger partial charge in [0, 0.05) is 23.1 Å². The van der Waals surface area contributed by atoms with Crippen LogP contribution in [0.25, 0.3) is 0 Å². The lowest BCUT2D eigenvalue weighted by Gasteiger charge is -2.00. The highest BCUT2D eigenvalue weighted by Gasteiger charge is 1.95. The van der Waals surface area contributed by atoms with E-state index in [2.05, 4.69) is 0 Å². The second-order valence-corrected chi connectivity index (χ2v) is 2.09. The highest BCUT2D eigenvalue weighted by molar-refractivity contribution is 5.75. The molecule has 10 heavy (non-hydrogen) atoms. The molecule has 0 amide bonds. The van der Waals surface area contributed by atoms with Gasteiger partial charge >= 0.3 is 0 Å². The van der Waals surface area contributed by atoms with Crippen molar-refractivity contribution in [3.05, 3.63) is 35.9 Å². The van der Waals surface area contributed by atoms with Crippen LogP contribution in [0.15, 0.2) is 30.3 Å². The van der Waals surface area contributed by atoms with Gasteiger partial charge in [-0.2, -0.15) is 0 Å². The van der Waals surface area contributed by atoms with Gasteiger partial charge in [0.25, 0.3) is 0 Å². The maximum absolute atomic E-state index is 9.02. The van der Waals surface area contributed by atoms with Gasteiger partial charge < -0.3 is 5.11 Å². The standard InChI is InChI=1S/C8H10O.Mg/c1-7(9)8-5-3-2-4-6-8;/h2-7,9H,1H3;. The molecule has 0 saturated heterocycles. The lowest BCUT2D eigenvalue weighted by Crippen LogP contribution is -1.87. The van der Waals surface area contributed by atoms with Gasteiger partial charge in [0.1, 0.15) is 0 Å². The summed E-state index contributed by atoms with van der Waals surface area (Å²) >= 11 is 0. The van der Waals surface area contributed by atoms with Gasteiger partial charge in [-0.3, -0.25) is 0 Å². The summed E-state index contributed by atoms with van der Waals surface area (Å²) in [5.41, 5.74) is 0.970. The van der Waals surface area contributed by atoms with E-state index < -0.39 is 0 Å². The minimum Gasteiger partial charge on any atom is -0.389 e. The Morgan fingerprint density at radius 3 is 2.00 bits per heavy atom. The smallest absolute Gasteiger partial charge is 0.0761 e. The number of hydrogen-bond acceptors (Lipinski definition) is 1. The molecule has 1 N–H and O–H groups in total. The Bertz CT molecular complexity index is 172. The van der Waals surface area contributed by atoms with Crippen LogP contribution in [0.4, 0.5) is 0 Å². The Hall–Kier alpha value is -0.0538. The van der Waals surface area contributed by atoms with Gasteiger partial charge in [0.2, 0.25) is 0 Å². The van der Waals surface area contributed by atoms with Crippen molar-refractivity contribution in [2.75, 3.05) is 0 Å². The molecule has 0 fully saturated rings. The Balaban J connectivity index is 0.000000810. The first-order chi connectivity index (χ1) is 4.30. The van der Waals surface area contributed by atoms with E-state index in [0.29, 0.717) is 0 Å². The van der Waals surface area contributed by atoms with Gasteiger partial charge in [0.05, 0.1) is 6.10 Å². The summed E-state index contributed by atoms with van der Waals surface area (Å²) in [6.07, 6.45) is -0.341. The third kappa shape index (κ3) is 2.69. The van der Waals surface area contributed by atoms with Crippen molar-refractivity contribution in [1.82, 2.24) is 0 Å². The van der Waals surface area contributed by atoms with Crippen LogP contribution in [0.2, 0.25) is 0 Å². The second kappa shape index (κ2) is 4.71. The molecule has 2 heteroatoms. The molecule has 0 aliphatic carbocycles. The first kappa shape index (κ1) is 9.95. The summed E-state index contributed by atoms with van der Waals surface area (Å²) in [7, 11) is 0. The minimum absolute atomic E-state index is 0. The second-order valence-electron chi connectivity index (χ2n) is 2.09. The van der Waals surface area contributed by atoms with Gasteiger partial charge in [0.15, 0.2) is 0 Å². The maximum atomic E-state index is 9.02. The quantitative estimate of drug-likeness (QED) is 0.593. The number of aliphatic hydroxyl groups is 1. The van der Waals surface area contributed by atoms with Gasteiger partial charge in [-0.1, -0.05) is 30.3 Å². The Morgan fingerprint density at radius 2 is 1.70 bits per heavy atom. The highest BCUT2D eigenvalue weighted by Crippen LogP contribution is 2.08. The molecule has 1 aromatic rings. The van der Waals surface area contributed by atoms with E-state index in [-0.39, 0.29) is 29.2 Å². The average Bonchev–Trinajstić information content (AvgIpc) is 1.90. The van der Waals surface area contributed by atoms with Crippen molar-refractivity contribution in [1.29, 1.82) is 0 Å². The van der Waals surface area contributed by atoms with E-state index in [9.17, 15) is 0 Å². The third-order valence-corrected chi connectivity index (χ3v) is 1.28. The summed E-state index contributed by atoms with van der Waals surface area (Å²) in [6.45, 7) is 1.76. The molecule has 1 unspecified atom stereocenters. The van der Waals surface area contributed by atoms with E-state index in [1.54, 1.807) is 6.92 Å². The molecule has 50 valence electrons. The molecule has 0 spiro atoms. The van der Waals surface area contributed by atoms with Crippen molar-refractivity contribution in [2.24, 2.45) is 0 Å². The topological polar surface area (TPSA) is 20.2 Å². The first-order valence-electron chi connectivity index (χ1n) is 3.03. The summed E-state index contributed by atoms with van der Waals surface area (Å²) in [5.74, 6) is 0. The fourth-order valence-corrected chi connectivity index (χ4v) is 0.732. The monoisotopic (exact) mass is 146 g/mol. The average molecular weight is 146 g/mol. The highest BCUT2D eigenvalue weighted by atomic mass is 24.3. The molecule has 1 nitrogen and oxygen atoms in total. The van der Waals surface area contributed by atoms with Crippen LogP contribution in [0.3, 0.4) is 0 Å². The molecule has 0 aliphatic rings. The van der Waals surface area contributed by atoms with Crippen LogP contribution in [0.5, 0.6) is 0 Å². The maximum Gasteiger partial charge on any atom is 0.0761 e. The zero-order valence-corrected chi connectivity index (χ0v) is 7.53. The van der Waals surface area contributed by atoms with E-state index in [1.807, 2.05) is 30.3 Å². The van der Waals surface area contributed by atoms with Crippen molar-refractivity contribution >= 4 is 23.1 Å². The van der Waals surface area contributed by atoms with Crippen molar-refractivity contribution in [3.8, 4) is 0 Å². The van der Waals surface area contributed by atoms with E-state index in [4.69, 9.17) is 5.11 Å². The van der Waals surface area contributed by atoms with E-state index >= 15 is 0 Å². The SMILES string of the molecule is CC(O)c1ccccc1.[Mg]. The predicted octanol–water partition coefficient (Wildman–Crippen LogP) is 1.36. The molecule has 1 rings (SSSR count). The van der Waals surface area contributed by atoms with Crippen LogP contribution < -0.4 is 0 Å². The molecule has 0 bridgehead atoms. The lowest BCUT2D eigenvalue weighted by atomic mass is 10.1. The van der Waals surface area contributed by atoms with Crippen LogP contribution in [-0.4, -0.2) is 28.2 Å². The fraction of sp³-hybridized carbons (Fsp3) is 0.250. The molecule has 2 radical (unpaired) electrons. The summed E-state index contributed by atoms with van der Waals surface area (Å²) in [5, 5.41) is 9.02. The molecule has 1 atom stereocenters. The summed E-state index contributed by atoms with van der Waals surface area (Å²) in [4.78, 5) is 0. The van der Waals surface area contributed by atoms with Gasteiger partial charge in [-0.25, -0.2) is 0 Å². The first-order valence-corrected chi connectivity index (χ1v) is 3.03. The summed E-state index contributed by atoms with van der Waals surface area (Å²) in [6, 6.07) is 9.59. The zero-order chi connectivity index (χ0) is 6.69. The lowest BCUT2D eigenvalue weighted by molar-refractivity contribution is 0.199. The van der Waals surface area contributed by atoms with Crippen molar-refractivity contribution in [2.45, 2.75) is 13.0 Å². The van der Waals surface area contributed by atoms with Crippen molar-refractivity contribution in [3.63, 3.8) is 0 Å². The van der Waals surface area contributed by atoms with Crippen LogP contribution in [-0.2, 0) is 0 Å². The molecule has 0 aromatic heterocycles. The van der Waals surface area contributed by atoms with Gasteiger partial charge in [-0.05, 0) is 12.5 Å². The molecule has 0 saturated carbocycles. The third-order valence-electron chi connectivity index (χ3n) is 1.28. The molecule has 1 aromatic carbocycles. The Morgan fingerprint density at radius 1 is 1.20 bits per heavy atom. The molecule has 0 aliphatic heterocycles. The number of rotatable bonds is 1. The molecule has 0 heterocycles. The number of benzene rings is 1. The Kier molecular flexibility index (Phi) is 4.69. The molecular formula is C8H10MgO. The zero-order valence-electron chi connectivity index (χ0n) is 6.12. The summed E-state index contributed by atoms with van der Waals surface area (Å²) < 4.78 is 0. The fourth-order valence-electron chi connectivity index (χ4n) is 0.732. The predicted molar refractivity (Wildman–Crippen MR) is 42.8 cm³/mol. The molecular weight excluding hydrogens is 136 g/mol. The van der Waals surface area contributed by atoms with Crippen LogP contribution in [0, 0.1) is 0 Å². The van der Waals surface area contributed by atoms with Crippen LogP contribution in [0.1, 0.15) is 18.6 Å². The number of aliphatic hydroxyl groups excluding tert-OH is 1. The van der Waals surface area contributed by atoms with Gasteiger partial charge in [-0.15, -0.1) is 0 Å². The van der Waals surface area contributed by atoms with Crippen molar-refractivity contribution < 1.29 is 5.11 Å².